The van der Waals surface area contributed by atoms with Crippen molar-refractivity contribution in [1.29, 1.82) is 0 Å². The Labute approximate surface area is 119 Å². The van der Waals surface area contributed by atoms with Crippen molar-refractivity contribution in [2.75, 3.05) is 6.54 Å². The van der Waals surface area contributed by atoms with E-state index in [0.717, 1.165) is 11.1 Å². The number of ketones is 1. The van der Waals surface area contributed by atoms with E-state index in [4.69, 9.17) is 17.0 Å². The van der Waals surface area contributed by atoms with Gasteiger partial charge in [-0.15, -0.1) is 0 Å². The molecular formula is C13H8N2O4S. The Morgan fingerprint density at radius 1 is 1.25 bits per heavy atom. The second-order valence-electron chi connectivity index (χ2n) is 4.18. The predicted octanol–water partition coefficient (Wildman–Crippen LogP) is 0.389. The molecule has 0 aromatic heterocycles. The van der Waals surface area contributed by atoms with E-state index in [0.29, 0.717) is 0 Å². The maximum atomic E-state index is 12.3. The van der Waals surface area contributed by atoms with Crippen LogP contribution in [0.5, 0.6) is 5.75 Å². The minimum atomic E-state index is -0.795. The highest BCUT2D eigenvalue weighted by atomic mass is 32.1. The highest BCUT2D eigenvalue weighted by molar-refractivity contribution is 7.80. The number of hydrogen-bond donors (Lipinski definition) is 1. The molecule has 0 radical (unpaired) electrons. The van der Waals surface area contributed by atoms with Crippen molar-refractivity contribution in [3.8, 4) is 5.75 Å². The Morgan fingerprint density at radius 2 is 2.00 bits per heavy atom. The largest absolute Gasteiger partial charge is 0.422 e. The number of nitrogens with zero attached hydrogens (tertiary/aromatic N) is 1. The van der Waals surface area contributed by atoms with Crippen molar-refractivity contribution in [2.24, 2.45) is 0 Å². The van der Waals surface area contributed by atoms with E-state index in [1.165, 1.54) is 6.07 Å². The van der Waals surface area contributed by atoms with Crippen molar-refractivity contribution in [1.82, 2.24) is 10.2 Å². The number of nitrogens with one attached hydrogen (secondary N) is 1. The molecule has 1 fully saturated rings. The van der Waals surface area contributed by atoms with E-state index in [-0.39, 0.29) is 34.5 Å². The molecule has 0 saturated carbocycles. The van der Waals surface area contributed by atoms with E-state index < -0.39 is 11.8 Å². The molecule has 0 bridgehead atoms. The summed E-state index contributed by atoms with van der Waals surface area (Å²) in [5.74, 6) is -1.40. The van der Waals surface area contributed by atoms with Crippen LogP contribution in [0.25, 0.3) is 0 Å². The maximum Gasteiger partial charge on any atom is 0.349 e. The fourth-order valence-electron chi connectivity index (χ4n) is 1.94. The zero-order valence-corrected chi connectivity index (χ0v) is 10.9. The lowest BCUT2D eigenvalue weighted by molar-refractivity contribution is -0.130. The summed E-state index contributed by atoms with van der Waals surface area (Å²) in [7, 11) is 0. The van der Waals surface area contributed by atoms with E-state index >= 15 is 0 Å². The molecule has 2 heterocycles. The van der Waals surface area contributed by atoms with Crippen molar-refractivity contribution in [3.63, 3.8) is 0 Å². The van der Waals surface area contributed by atoms with Crippen LogP contribution < -0.4 is 10.1 Å². The average Bonchev–Trinajstić information content (AvgIpc) is 2.74. The van der Waals surface area contributed by atoms with E-state index in [2.05, 4.69) is 5.32 Å². The third-order valence-corrected chi connectivity index (χ3v) is 3.28. The number of para-hydroxylation sites is 1. The van der Waals surface area contributed by atoms with Gasteiger partial charge in [-0.3, -0.25) is 14.5 Å². The van der Waals surface area contributed by atoms with Crippen molar-refractivity contribution >= 4 is 35.0 Å². The molecule has 3 rings (SSSR count). The molecule has 2 aliphatic heterocycles. The van der Waals surface area contributed by atoms with Gasteiger partial charge in [-0.1, -0.05) is 12.1 Å². The molecule has 0 atom stereocenters. The summed E-state index contributed by atoms with van der Waals surface area (Å²) in [6, 6.07) is 6.42. The van der Waals surface area contributed by atoms with Crippen LogP contribution in [0.4, 0.5) is 0 Å². The SMILES string of the molecule is O=C1Oc2ccccc2C(=O)/C1=C/N1C(=O)CNC1=S. The number of Topliss-reactive ketones (excluding diaryl/α,β-unsaturated/α-hetero) is 1. The van der Waals surface area contributed by atoms with Crippen LogP contribution in [0.1, 0.15) is 10.4 Å². The summed E-state index contributed by atoms with van der Waals surface area (Å²) < 4.78 is 5.07. The van der Waals surface area contributed by atoms with Crippen molar-refractivity contribution in [2.45, 2.75) is 0 Å². The van der Waals surface area contributed by atoms with Gasteiger partial charge in [-0.25, -0.2) is 4.79 Å². The van der Waals surface area contributed by atoms with Gasteiger partial charge in [0.1, 0.15) is 11.3 Å². The Hall–Kier alpha value is -2.54. The number of fused-ring (bicyclic) bond motifs is 1. The first-order valence-electron chi connectivity index (χ1n) is 5.75. The average molecular weight is 288 g/mol. The van der Waals surface area contributed by atoms with Gasteiger partial charge >= 0.3 is 5.97 Å². The number of rotatable bonds is 1. The van der Waals surface area contributed by atoms with E-state index in [1.54, 1.807) is 18.2 Å². The Morgan fingerprint density at radius 3 is 2.70 bits per heavy atom. The van der Waals surface area contributed by atoms with Gasteiger partial charge in [-0.2, -0.15) is 0 Å². The molecule has 6 nitrogen and oxygen atoms in total. The molecule has 0 aliphatic carbocycles. The lowest BCUT2D eigenvalue weighted by Crippen LogP contribution is -2.31. The lowest BCUT2D eigenvalue weighted by Gasteiger charge is -2.18. The van der Waals surface area contributed by atoms with Crippen LogP contribution in [-0.4, -0.2) is 34.2 Å². The molecule has 0 unspecified atom stereocenters. The number of carbonyl (C=O) groups excluding carboxylic acids is 3. The summed E-state index contributed by atoms with van der Waals surface area (Å²) in [5.41, 5.74) is 0.0620. The summed E-state index contributed by atoms with van der Waals surface area (Å²) in [4.78, 5) is 36.8. The molecule has 1 aromatic rings. The number of amides is 1. The minimum Gasteiger partial charge on any atom is -0.422 e. The number of thiocarbonyl (C=S) groups is 1. The smallest absolute Gasteiger partial charge is 0.349 e. The molecular weight excluding hydrogens is 280 g/mol. The molecule has 20 heavy (non-hydrogen) atoms. The van der Waals surface area contributed by atoms with Gasteiger partial charge in [0.2, 0.25) is 5.78 Å². The van der Waals surface area contributed by atoms with E-state index in [9.17, 15) is 14.4 Å². The fraction of sp³-hybridized carbons (Fsp3) is 0.0769. The van der Waals surface area contributed by atoms with Gasteiger partial charge in [0.15, 0.2) is 5.11 Å². The predicted molar refractivity (Wildman–Crippen MR) is 71.9 cm³/mol. The van der Waals surface area contributed by atoms with Crippen LogP contribution in [0, 0.1) is 0 Å². The minimum absolute atomic E-state index is 0.0441. The fourth-order valence-corrected chi connectivity index (χ4v) is 2.17. The monoisotopic (exact) mass is 288 g/mol. The second kappa shape index (κ2) is 4.53. The quantitative estimate of drug-likeness (QED) is 0.265. The molecule has 1 N–H and O–H groups in total. The third kappa shape index (κ3) is 1.88. The van der Waals surface area contributed by atoms with Crippen LogP contribution in [-0.2, 0) is 9.59 Å². The van der Waals surface area contributed by atoms with Crippen molar-refractivity contribution in [3.05, 3.63) is 41.6 Å². The number of esters is 1. The van der Waals surface area contributed by atoms with Crippen LogP contribution in [0.15, 0.2) is 36.0 Å². The second-order valence-corrected chi connectivity index (χ2v) is 4.57. The van der Waals surface area contributed by atoms with Crippen molar-refractivity contribution < 1.29 is 19.1 Å². The highest BCUT2D eigenvalue weighted by Gasteiger charge is 2.33. The topological polar surface area (TPSA) is 75.7 Å². The van der Waals surface area contributed by atoms with Crippen LogP contribution >= 0.6 is 12.2 Å². The number of hydrogen-bond acceptors (Lipinski definition) is 5. The first kappa shape index (κ1) is 12.5. The van der Waals surface area contributed by atoms with Gasteiger partial charge < -0.3 is 10.1 Å². The van der Waals surface area contributed by atoms with Gasteiger partial charge in [0.25, 0.3) is 5.91 Å². The number of carbonyl (C=O) groups is 3. The first-order chi connectivity index (χ1) is 9.58. The summed E-state index contributed by atoms with van der Waals surface area (Å²) in [6.45, 7) is 0.0441. The lowest BCUT2D eigenvalue weighted by atomic mass is 10.0. The Kier molecular flexibility index (Phi) is 2.83. The standard InChI is InChI=1S/C13H8N2O4S/c16-10-5-14-13(20)15(10)6-8-11(17)7-3-1-2-4-9(7)19-12(8)18/h1-4,6H,5H2,(H,14,20)/b8-6-. The molecule has 1 aromatic carbocycles. The normalized spacial score (nSPS) is 20.0. The summed E-state index contributed by atoms with van der Waals surface area (Å²) in [6.07, 6.45) is 1.13. The molecule has 1 amide bonds. The molecule has 2 aliphatic rings. The Balaban J connectivity index is 2.03. The molecule has 1 saturated heterocycles. The number of benzene rings is 1. The van der Waals surface area contributed by atoms with Gasteiger partial charge in [0, 0.05) is 6.20 Å². The maximum absolute atomic E-state index is 12.3. The highest BCUT2D eigenvalue weighted by Crippen LogP contribution is 2.27. The molecule has 0 spiro atoms. The van der Waals surface area contributed by atoms with Gasteiger partial charge in [0.05, 0.1) is 12.1 Å². The number of ether oxygens (including phenoxy) is 1. The third-order valence-electron chi connectivity index (χ3n) is 2.94. The zero-order chi connectivity index (χ0) is 14.3. The van der Waals surface area contributed by atoms with E-state index in [1.807, 2.05) is 0 Å². The summed E-state index contributed by atoms with van der Waals surface area (Å²) >= 11 is 4.93. The van der Waals surface area contributed by atoms with Crippen LogP contribution in [0.3, 0.4) is 0 Å². The zero-order valence-electron chi connectivity index (χ0n) is 10.1. The molecule has 7 heteroatoms. The summed E-state index contributed by atoms with van der Waals surface area (Å²) in [5, 5.41) is 2.81. The van der Waals surface area contributed by atoms with Crippen LogP contribution in [0.2, 0.25) is 0 Å². The Bertz CT molecular complexity index is 679. The molecule has 100 valence electrons. The first-order valence-corrected chi connectivity index (χ1v) is 6.16. The van der Waals surface area contributed by atoms with Gasteiger partial charge in [-0.05, 0) is 24.4 Å².